The van der Waals surface area contributed by atoms with Gasteiger partial charge in [-0.15, -0.1) is 0 Å². The monoisotopic (exact) mass is 298 g/mol. The number of carbonyl (C=O) groups is 1. The van der Waals surface area contributed by atoms with Gasteiger partial charge in [-0.1, -0.05) is 0 Å². The van der Waals surface area contributed by atoms with Crippen molar-refractivity contribution in [3.63, 3.8) is 0 Å². The largest absolute Gasteiger partial charge is 0.477 e. The van der Waals surface area contributed by atoms with Gasteiger partial charge >= 0.3 is 18.3 Å². The van der Waals surface area contributed by atoms with Crippen LogP contribution >= 0.6 is 0 Å². The van der Waals surface area contributed by atoms with Crippen LogP contribution in [0.3, 0.4) is 0 Å². The first-order valence-electron chi connectivity index (χ1n) is 4.81. The summed E-state index contributed by atoms with van der Waals surface area (Å²) in [5.74, 6) is -7.15. The zero-order chi connectivity index (χ0) is 15.5. The molecule has 0 bridgehead atoms. The number of hydrogen-bond acceptors (Lipinski definition) is 5. The smallest absolute Gasteiger partial charge is 0.341 e. The molecule has 0 saturated carbocycles. The number of pyridine rings is 1. The molecule has 0 aliphatic carbocycles. The van der Waals surface area contributed by atoms with Crippen molar-refractivity contribution in [3.05, 3.63) is 27.9 Å². The average molecular weight is 298 g/mol. The lowest BCUT2D eigenvalue weighted by atomic mass is 10.2. The first kappa shape index (κ1) is 15.6. The average Bonchev–Trinajstić information content (AvgIpc) is 2.35. The van der Waals surface area contributed by atoms with Crippen LogP contribution in [0, 0.1) is 10.1 Å². The Morgan fingerprint density at radius 1 is 1.55 bits per heavy atom. The van der Waals surface area contributed by atoms with E-state index >= 15 is 0 Å². The molecule has 0 amide bonds. The van der Waals surface area contributed by atoms with E-state index in [1.165, 1.54) is 0 Å². The van der Waals surface area contributed by atoms with E-state index in [9.17, 15) is 32.5 Å². The third kappa shape index (κ3) is 3.52. The summed E-state index contributed by atoms with van der Waals surface area (Å²) in [4.78, 5) is 23.4. The number of alkyl halides is 4. The van der Waals surface area contributed by atoms with Gasteiger partial charge in [0.05, 0.1) is 4.92 Å². The molecule has 20 heavy (non-hydrogen) atoms. The molecular weight excluding hydrogens is 292 g/mol. The second-order valence-electron chi connectivity index (χ2n) is 3.46. The summed E-state index contributed by atoms with van der Waals surface area (Å²) in [6.45, 7) is -1.81. The highest BCUT2D eigenvalue weighted by atomic mass is 19.3. The van der Waals surface area contributed by atoms with E-state index in [0.717, 1.165) is 0 Å². The molecule has 0 fully saturated rings. The van der Waals surface area contributed by atoms with Gasteiger partial charge in [-0.05, 0) is 0 Å². The van der Waals surface area contributed by atoms with Crippen molar-refractivity contribution >= 4 is 11.7 Å². The normalized spacial score (nSPS) is 11.4. The molecule has 7 nitrogen and oxygen atoms in total. The van der Waals surface area contributed by atoms with Crippen LogP contribution in [0.25, 0.3) is 0 Å². The first-order chi connectivity index (χ1) is 9.15. The van der Waals surface area contributed by atoms with Crippen LogP contribution in [-0.4, -0.2) is 39.9 Å². The van der Waals surface area contributed by atoms with E-state index < -0.39 is 47.0 Å². The third-order valence-electron chi connectivity index (χ3n) is 2.00. The molecule has 0 aromatic carbocycles. The lowest BCUT2D eigenvalue weighted by Gasteiger charge is -2.16. The maximum absolute atomic E-state index is 12.6. The van der Waals surface area contributed by atoms with Crippen molar-refractivity contribution in [1.29, 1.82) is 0 Å². The maximum atomic E-state index is 12.6. The van der Waals surface area contributed by atoms with Gasteiger partial charge in [0.1, 0.15) is 11.8 Å². The van der Waals surface area contributed by atoms with E-state index in [0.29, 0.717) is 12.3 Å². The van der Waals surface area contributed by atoms with Crippen LogP contribution in [0.5, 0.6) is 5.88 Å². The summed E-state index contributed by atoms with van der Waals surface area (Å²) in [7, 11) is 0. The predicted octanol–water partition coefficient (Wildman–Crippen LogP) is 1.97. The maximum Gasteiger partial charge on any atom is 0.341 e. The minimum atomic E-state index is -4.50. The summed E-state index contributed by atoms with van der Waals surface area (Å²) < 4.78 is 53.2. The Kier molecular flexibility index (Phi) is 4.42. The Bertz CT molecular complexity index is 537. The number of ether oxygens (including phenoxy) is 1. The van der Waals surface area contributed by atoms with Crippen molar-refractivity contribution in [1.82, 2.24) is 4.98 Å². The van der Waals surface area contributed by atoms with Crippen molar-refractivity contribution in [2.75, 3.05) is 6.61 Å². The molecule has 0 aliphatic rings. The minimum absolute atomic E-state index is 0.519. The van der Waals surface area contributed by atoms with Gasteiger partial charge in [0, 0.05) is 6.07 Å². The molecule has 0 aliphatic heterocycles. The fourth-order valence-corrected chi connectivity index (χ4v) is 1.04. The van der Waals surface area contributed by atoms with Crippen molar-refractivity contribution in [2.24, 2.45) is 0 Å². The number of rotatable bonds is 6. The van der Waals surface area contributed by atoms with Crippen LogP contribution in [0.1, 0.15) is 10.4 Å². The van der Waals surface area contributed by atoms with Gasteiger partial charge in [0.2, 0.25) is 5.88 Å². The lowest BCUT2D eigenvalue weighted by Crippen LogP contribution is -2.34. The summed E-state index contributed by atoms with van der Waals surface area (Å²) in [6, 6.07) is 0.519. The Morgan fingerprint density at radius 2 is 2.15 bits per heavy atom. The highest BCUT2D eigenvalue weighted by Gasteiger charge is 2.42. The van der Waals surface area contributed by atoms with Crippen LogP contribution in [-0.2, 0) is 0 Å². The number of nitrogens with zero attached hydrogens (tertiary/aromatic N) is 2. The van der Waals surface area contributed by atoms with Crippen LogP contribution in [0.2, 0.25) is 0 Å². The van der Waals surface area contributed by atoms with E-state index in [1.807, 2.05) is 0 Å². The molecule has 0 spiro atoms. The zero-order valence-electron chi connectivity index (χ0n) is 9.43. The van der Waals surface area contributed by atoms with Crippen molar-refractivity contribution in [3.8, 4) is 5.88 Å². The second kappa shape index (κ2) is 5.67. The number of aromatic nitrogens is 1. The molecule has 1 rings (SSSR count). The van der Waals surface area contributed by atoms with E-state index in [1.54, 1.807) is 0 Å². The molecule has 0 radical (unpaired) electrons. The standard InChI is InChI=1S/C9H6F4N2O5/c10-8(11)9(12,13)3-20-6-5(7(16)17)1-4(2-14-6)15(18)19/h1-2,8H,3H2,(H,16,17). The zero-order valence-corrected chi connectivity index (χ0v) is 9.43. The topological polar surface area (TPSA) is 103 Å². The van der Waals surface area contributed by atoms with Crippen LogP contribution < -0.4 is 4.74 Å². The quantitative estimate of drug-likeness (QED) is 0.489. The van der Waals surface area contributed by atoms with Gasteiger partial charge in [-0.2, -0.15) is 8.78 Å². The molecule has 1 aromatic rings. The molecule has 0 atom stereocenters. The van der Waals surface area contributed by atoms with Gasteiger partial charge in [0.25, 0.3) is 5.69 Å². The van der Waals surface area contributed by atoms with E-state index in [4.69, 9.17) is 5.11 Å². The Hall–Kier alpha value is -2.46. The number of aromatic carboxylic acids is 1. The van der Waals surface area contributed by atoms with E-state index in [-0.39, 0.29) is 0 Å². The van der Waals surface area contributed by atoms with Gasteiger partial charge in [0.15, 0.2) is 6.61 Å². The van der Waals surface area contributed by atoms with Gasteiger partial charge < -0.3 is 9.84 Å². The molecule has 1 heterocycles. The molecule has 110 valence electrons. The van der Waals surface area contributed by atoms with Crippen LogP contribution in [0.4, 0.5) is 23.2 Å². The summed E-state index contributed by atoms with van der Waals surface area (Å²) in [5.41, 5.74) is -1.60. The van der Waals surface area contributed by atoms with Crippen molar-refractivity contribution < 1.29 is 37.1 Å². The minimum Gasteiger partial charge on any atom is -0.477 e. The first-order valence-corrected chi connectivity index (χ1v) is 4.81. The highest BCUT2D eigenvalue weighted by molar-refractivity contribution is 5.90. The Morgan fingerprint density at radius 3 is 2.60 bits per heavy atom. The number of carboxylic acids is 1. The summed E-state index contributed by atoms with van der Waals surface area (Å²) >= 11 is 0. The molecular formula is C9H6F4N2O5. The number of carboxylic acid groups (broad SMARTS) is 1. The van der Waals surface area contributed by atoms with Crippen LogP contribution in [0.15, 0.2) is 12.3 Å². The number of nitro groups is 1. The number of halogens is 4. The molecule has 0 saturated heterocycles. The SMILES string of the molecule is O=C(O)c1cc([N+](=O)[O-])cnc1OCC(F)(F)C(F)F. The fraction of sp³-hybridized carbons (Fsp3) is 0.333. The van der Waals surface area contributed by atoms with E-state index in [2.05, 4.69) is 9.72 Å². The van der Waals surface area contributed by atoms with Crippen molar-refractivity contribution in [2.45, 2.75) is 12.3 Å². The summed E-state index contributed by atoms with van der Waals surface area (Å²) in [6.07, 6.45) is -3.45. The van der Waals surface area contributed by atoms with Gasteiger partial charge in [-0.3, -0.25) is 10.1 Å². The molecule has 11 heteroatoms. The molecule has 1 N–H and O–H groups in total. The lowest BCUT2D eigenvalue weighted by molar-refractivity contribution is -0.385. The summed E-state index contributed by atoms with van der Waals surface area (Å²) in [5, 5.41) is 19.1. The third-order valence-corrected chi connectivity index (χ3v) is 2.00. The predicted molar refractivity (Wildman–Crippen MR) is 54.3 cm³/mol. The fourth-order valence-electron chi connectivity index (χ4n) is 1.04. The second-order valence-corrected chi connectivity index (χ2v) is 3.46. The highest BCUT2D eigenvalue weighted by Crippen LogP contribution is 2.26. The molecule has 1 aromatic heterocycles. The Balaban J connectivity index is 3.01. The van der Waals surface area contributed by atoms with Gasteiger partial charge in [-0.25, -0.2) is 18.6 Å². The number of hydrogen-bond donors (Lipinski definition) is 1. The Labute approximate surface area is 107 Å². The molecule has 0 unspecified atom stereocenters.